The number of benzene rings is 1. The lowest BCUT2D eigenvalue weighted by molar-refractivity contribution is 0.233. The molecule has 0 aliphatic carbocycles. The Morgan fingerprint density at radius 2 is 2.31 bits per heavy atom. The lowest BCUT2D eigenvalue weighted by Gasteiger charge is -2.03. The molecule has 86 valence electrons. The van der Waals surface area contributed by atoms with Gasteiger partial charge in [0.25, 0.3) is 0 Å². The first-order valence-corrected chi connectivity index (χ1v) is 5.46. The number of hydrogen-bond donors (Lipinski definition) is 1. The number of aliphatic hydroxyl groups is 1. The van der Waals surface area contributed by atoms with Crippen LogP contribution in [0.25, 0.3) is 11.1 Å². The molecule has 4 heteroatoms. The molecule has 1 aromatic heterocycles. The smallest absolute Gasteiger partial charge is 0.195 e. The summed E-state index contributed by atoms with van der Waals surface area (Å²) >= 11 is 0. The summed E-state index contributed by atoms with van der Waals surface area (Å²) in [5, 5.41) is 8.64. The van der Waals surface area contributed by atoms with Crippen LogP contribution in [-0.2, 0) is 6.42 Å². The maximum absolute atomic E-state index is 8.64. The lowest BCUT2D eigenvalue weighted by Crippen LogP contribution is -1.99. The minimum Gasteiger partial charge on any atom is -0.493 e. The fraction of sp³-hybridized carbons (Fsp3) is 0.417. The number of aromatic nitrogens is 1. The van der Waals surface area contributed by atoms with Gasteiger partial charge in [-0.05, 0) is 12.1 Å². The predicted molar refractivity (Wildman–Crippen MR) is 60.6 cm³/mol. The zero-order valence-electron chi connectivity index (χ0n) is 9.27. The number of hydrogen-bond acceptors (Lipinski definition) is 4. The molecular weight excluding hydrogens is 206 g/mol. The van der Waals surface area contributed by atoms with Crippen LogP contribution in [0.15, 0.2) is 22.6 Å². The highest BCUT2D eigenvalue weighted by atomic mass is 16.5. The number of aliphatic hydroxyl groups excluding tert-OH is 1. The minimum absolute atomic E-state index is 0.143. The Morgan fingerprint density at radius 3 is 3.06 bits per heavy atom. The summed E-state index contributed by atoms with van der Waals surface area (Å²) < 4.78 is 11.0. The van der Waals surface area contributed by atoms with Crippen LogP contribution in [0.3, 0.4) is 0 Å². The normalized spacial score (nSPS) is 10.9. The van der Waals surface area contributed by atoms with Gasteiger partial charge in [-0.2, -0.15) is 0 Å². The predicted octanol–water partition coefficient (Wildman–Crippen LogP) is 2.15. The Morgan fingerprint density at radius 1 is 1.44 bits per heavy atom. The standard InChI is InChI=1S/C12H15NO3/c1-2-12-13-10-5-4-9(8-11(10)16-12)15-7-3-6-14/h4-5,8,14H,2-3,6-7H2,1H3. The van der Waals surface area contributed by atoms with Gasteiger partial charge in [-0.3, -0.25) is 0 Å². The molecule has 2 rings (SSSR count). The first kappa shape index (κ1) is 11.0. The Bertz CT molecular complexity index is 464. The van der Waals surface area contributed by atoms with E-state index in [1.165, 1.54) is 0 Å². The summed E-state index contributed by atoms with van der Waals surface area (Å²) in [6.07, 6.45) is 1.42. The summed E-state index contributed by atoms with van der Waals surface area (Å²) in [5.41, 5.74) is 1.60. The van der Waals surface area contributed by atoms with Gasteiger partial charge in [-0.15, -0.1) is 0 Å². The van der Waals surface area contributed by atoms with E-state index in [2.05, 4.69) is 4.98 Å². The van der Waals surface area contributed by atoms with E-state index >= 15 is 0 Å². The zero-order chi connectivity index (χ0) is 11.4. The van der Waals surface area contributed by atoms with Gasteiger partial charge < -0.3 is 14.3 Å². The molecule has 0 bridgehead atoms. The fourth-order valence-electron chi connectivity index (χ4n) is 1.45. The molecule has 1 heterocycles. The number of nitrogens with zero attached hydrogens (tertiary/aromatic N) is 1. The van der Waals surface area contributed by atoms with Gasteiger partial charge in [0.15, 0.2) is 11.5 Å². The first-order chi connectivity index (χ1) is 7.83. The third-order valence-electron chi connectivity index (χ3n) is 2.28. The molecule has 0 atom stereocenters. The molecule has 0 radical (unpaired) electrons. The van der Waals surface area contributed by atoms with Crippen LogP contribution in [0.4, 0.5) is 0 Å². The second-order valence-electron chi connectivity index (χ2n) is 3.52. The molecule has 0 unspecified atom stereocenters. The molecule has 0 aliphatic heterocycles. The van der Waals surface area contributed by atoms with Crippen LogP contribution < -0.4 is 4.74 Å². The van der Waals surface area contributed by atoms with Gasteiger partial charge in [0, 0.05) is 25.5 Å². The molecule has 0 spiro atoms. The van der Waals surface area contributed by atoms with E-state index in [9.17, 15) is 0 Å². The molecule has 1 N–H and O–H groups in total. The Hall–Kier alpha value is -1.55. The highest BCUT2D eigenvalue weighted by Crippen LogP contribution is 2.21. The van der Waals surface area contributed by atoms with Crippen molar-refractivity contribution in [2.24, 2.45) is 0 Å². The molecule has 4 nitrogen and oxygen atoms in total. The highest BCUT2D eigenvalue weighted by Gasteiger charge is 2.05. The van der Waals surface area contributed by atoms with Crippen molar-refractivity contribution >= 4 is 11.1 Å². The number of oxazole rings is 1. The van der Waals surface area contributed by atoms with E-state index in [1.54, 1.807) is 0 Å². The maximum Gasteiger partial charge on any atom is 0.195 e. The van der Waals surface area contributed by atoms with Crippen molar-refractivity contribution in [1.29, 1.82) is 0 Å². The Balaban J connectivity index is 2.15. The third-order valence-corrected chi connectivity index (χ3v) is 2.28. The zero-order valence-corrected chi connectivity index (χ0v) is 9.27. The van der Waals surface area contributed by atoms with Crippen LogP contribution in [0.1, 0.15) is 19.2 Å². The molecule has 2 aromatic rings. The topological polar surface area (TPSA) is 55.5 Å². The molecule has 0 saturated heterocycles. The van der Waals surface area contributed by atoms with Gasteiger partial charge in [-0.25, -0.2) is 4.98 Å². The van der Waals surface area contributed by atoms with Crippen molar-refractivity contribution in [2.75, 3.05) is 13.2 Å². The van der Waals surface area contributed by atoms with E-state index in [0.29, 0.717) is 13.0 Å². The van der Waals surface area contributed by atoms with Crippen molar-refractivity contribution < 1.29 is 14.3 Å². The van der Waals surface area contributed by atoms with E-state index in [1.807, 2.05) is 25.1 Å². The third kappa shape index (κ3) is 2.33. The molecular formula is C12H15NO3. The van der Waals surface area contributed by atoms with Crippen molar-refractivity contribution in [2.45, 2.75) is 19.8 Å². The molecule has 1 aromatic carbocycles. The largest absolute Gasteiger partial charge is 0.493 e. The van der Waals surface area contributed by atoms with Crippen LogP contribution >= 0.6 is 0 Å². The van der Waals surface area contributed by atoms with Crippen molar-refractivity contribution in [1.82, 2.24) is 4.98 Å². The molecule has 0 saturated carbocycles. The second-order valence-corrected chi connectivity index (χ2v) is 3.52. The molecule has 16 heavy (non-hydrogen) atoms. The van der Waals surface area contributed by atoms with Crippen LogP contribution in [0.5, 0.6) is 5.75 Å². The van der Waals surface area contributed by atoms with Gasteiger partial charge in [0.05, 0.1) is 6.61 Å². The van der Waals surface area contributed by atoms with Crippen LogP contribution in [-0.4, -0.2) is 23.3 Å². The Kier molecular flexibility index (Phi) is 3.41. The van der Waals surface area contributed by atoms with Gasteiger partial charge in [-0.1, -0.05) is 6.92 Å². The summed E-state index contributed by atoms with van der Waals surface area (Å²) in [6.45, 7) is 2.66. The quantitative estimate of drug-likeness (QED) is 0.786. The first-order valence-electron chi connectivity index (χ1n) is 5.46. The summed E-state index contributed by atoms with van der Waals surface area (Å²) in [5.74, 6) is 1.49. The van der Waals surface area contributed by atoms with Crippen molar-refractivity contribution in [3.63, 3.8) is 0 Å². The van der Waals surface area contributed by atoms with Crippen LogP contribution in [0, 0.1) is 0 Å². The molecule has 0 fully saturated rings. The van der Waals surface area contributed by atoms with Gasteiger partial charge in [0.1, 0.15) is 11.3 Å². The number of fused-ring (bicyclic) bond motifs is 1. The Labute approximate surface area is 93.9 Å². The van der Waals surface area contributed by atoms with E-state index in [-0.39, 0.29) is 6.61 Å². The van der Waals surface area contributed by atoms with Crippen molar-refractivity contribution in [3.8, 4) is 5.75 Å². The monoisotopic (exact) mass is 221 g/mol. The number of ether oxygens (including phenoxy) is 1. The summed E-state index contributed by atoms with van der Waals surface area (Å²) in [6, 6.07) is 5.58. The van der Waals surface area contributed by atoms with E-state index in [4.69, 9.17) is 14.3 Å². The highest BCUT2D eigenvalue weighted by molar-refractivity contribution is 5.74. The molecule has 0 amide bonds. The van der Waals surface area contributed by atoms with Crippen LogP contribution in [0.2, 0.25) is 0 Å². The van der Waals surface area contributed by atoms with E-state index in [0.717, 1.165) is 29.2 Å². The number of rotatable bonds is 5. The molecule has 0 aliphatic rings. The number of aryl methyl sites for hydroxylation is 1. The lowest BCUT2D eigenvalue weighted by atomic mass is 10.3. The van der Waals surface area contributed by atoms with Crippen molar-refractivity contribution in [3.05, 3.63) is 24.1 Å². The van der Waals surface area contributed by atoms with Gasteiger partial charge >= 0.3 is 0 Å². The second kappa shape index (κ2) is 4.99. The maximum atomic E-state index is 8.64. The van der Waals surface area contributed by atoms with E-state index < -0.39 is 0 Å². The fourth-order valence-corrected chi connectivity index (χ4v) is 1.45. The average Bonchev–Trinajstić information content (AvgIpc) is 2.71. The van der Waals surface area contributed by atoms with Gasteiger partial charge in [0.2, 0.25) is 0 Å². The summed E-state index contributed by atoms with van der Waals surface area (Å²) in [4.78, 5) is 4.31. The average molecular weight is 221 g/mol. The summed E-state index contributed by atoms with van der Waals surface area (Å²) in [7, 11) is 0. The minimum atomic E-state index is 0.143. The SMILES string of the molecule is CCc1nc2ccc(OCCCO)cc2o1.